The normalized spacial score (nSPS) is 14.6. The van der Waals surface area contributed by atoms with Crippen LogP contribution in [0.2, 0.25) is 5.02 Å². The number of aliphatic hydroxyl groups excluding tert-OH is 2. The molecule has 12 heteroatoms. The summed E-state index contributed by atoms with van der Waals surface area (Å²) in [5, 5.41) is 35.9. The van der Waals surface area contributed by atoms with Crippen LogP contribution in [0.5, 0.6) is 11.5 Å². The van der Waals surface area contributed by atoms with Gasteiger partial charge in [0.2, 0.25) is 0 Å². The molecule has 0 amide bonds. The number of aliphatic carboxylic acids is 2. The van der Waals surface area contributed by atoms with Crippen molar-refractivity contribution >= 4 is 23.5 Å². The van der Waals surface area contributed by atoms with Gasteiger partial charge >= 0.3 is 11.9 Å². The predicted octanol–water partition coefficient (Wildman–Crippen LogP) is 6.65. The van der Waals surface area contributed by atoms with Crippen molar-refractivity contribution in [2.45, 2.75) is 45.3 Å². The SMILES string of the molecule is CC(C)Cc1ccc(C(C)C(=O)O)cc1.COc1ccccc1OCC(O)CO.O=C(O)COCCN1CCN(C(c2ccccc2)c2ccc(Cl)cc2)CC1. The van der Waals surface area contributed by atoms with Gasteiger partial charge in [-0.1, -0.05) is 104 Å². The third-order valence-electron chi connectivity index (χ3n) is 9.06. The minimum atomic E-state index is -0.923. The van der Waals surface area contributed by atoms with Crippen molar-refractivity contribution in [3.63, 3.8) is 0 Å². The third kappa shape index (κ3) is 16.3. The smallest absolute Gasteiger partial charge is 0.329 e. The van der Waals surface area contributed by atoms with E-state index in [2.05, 4.69) is 60.0 Å². The second kappa shape index (κ2) is 24.9. The lowest BCUT2D eigenvalue weighted by atomic mass is 9.96. The van der Waals surface area contributed by atoms with Crippen molar-refractivity contribution in [1.29, 1.82) is 0 Å². The van der Waals surface area contributed by atoms with E-state index in [0.29, 0.717) is 24.0 Å². The average Bonchev–Trinajstić information content (AvgIpc) is 3.20. The highest BCUT2D eigenvalue weighted by atomic mass is 35.5. The van der Waals surface area contributed by atoms with Gasteiger partial charge in [0.1, 0.15) is 19.3 Å². The van der Waals surface area contributed by atoms with E-state index in [1.54, 1.807) is 26.2 Å². The van der Waals surface area contributed by atoms with E-state index in [4.69, 9.17) is 46.2 Å². The van der Waals surface area contributed by atoms with E-state index in [0.717, 1.165) is 49.7 Å². The zero-order valence-electron chi connectivity index (χ0n) is 32.8. The maximum absolute atomic E-state index is 10.8. The van der Waals surface area contributed by atoms with Crippen LogP contribution in [0, 0.1) is 5.92 Å². The number of halogens is 1. The first-order valence-corrected chi connectivity index (χ1v) is 19.2. The Morgan fingerprint density at radius 2 is 1.34 bits per heavy atom. The van der Waals surface area contributed by atoms with Gasteiger partial charge in [0, 0.05) is 37.7 Å². The second-order valence-corrected chi connectivity index (χ2v) is 14.3. The fourth-order valence-corrected chi connectivity index (χ4v) is 6.15. The van der Waals surface area contributed by atoms with Crippen LogP contribution < -0.4 is 9.47 Å². The Kier molecular flexibility index (Phi) is 20.4. The number of ether oxygens (including phenoxy) is 3. The summed E-state index contributed by atoms with van der Waals surface area (Å²) < 4.78 is 15.4. The highest BCUT2D eigenvalue weighted by molar-refractivity contribution is 6.30. The predicted molar refractivity (Wildman–Crippen MR) is 219 cm³/mol. The number of hydrogen-bond donors (Lipinski definition) is 4. The summed E-state index contributed by atoms with van der Waals surface area (Å²) in [5.74, 6) is -0.314. The van der Waals surface area contributed by atoms with Crippen molar-refractivity contribution in [3.8, 4) is 11.5 Å². The van der Waals surface area contributed by atoms with E-state index in [1.165, 1.54) is 16.7 Å². The van der Waals surface area contributed by atoms with E-state index < -0.39 is 24.0 Å². The highest BCUT2D eigenvalue weighted by Gasteiger charge is 2.26. The van der Waals surface area contributed by atoms with Crippen LogP contribution in [0.1, 0.15) is 55.0 Å². The molecule has 0 bridgehead atoms. The summed E-state index contributed by atoms with van der Waals surface area (Å²) in [5.41, 5.74) is 4.66. The first-order valence-electron chi connectivity index (χ1n) is 18.8. The number of para-hydroxylation sites is 2. The first kappa shape index (κ1) is 45.9. The largest absolute Gasteiger partial charge is 0.493 e. The molecule has 3 unspecified atom stereocenters. The average molecular weight is 793 g/mol. The standard InChI is InChI=1S/C21H25ClN2O3.C13H18O2.C10H14O4/c22-19-8-6-18(7-9-19)21(17-4-2-1-3-5-17)24-12-10-23(11-13-24)14-15-27-16-20(25)26;1-9(2)8-11-4-6-12(7-5-11)10(3)13(14)15;1-13-9-4-2-3-5-10(9)14-7-8(12)6-11/h1-9,21H,10-16H2,(H,25,26);4-7,9-10H,8H2,1-3H3,(H,14,15);2-5,8,11-12H,6-7H2,1H3. The molecule has 0 spiro atoms. The lowest BCUT2D eigenvalue weighted by Crippen LogP contribution is -2.48. The van der Waals surface area contributed by atoms with E-state index in [1.807, 2.05) is 54.6 Å². The van der Waals surface area contributed by atoms with Crippen LogP contribution in [-0.4, -0.2) is 115 Å². The number of carbonyl (C=O) groups is 2. The molecule has 11 nitrogen and oxygen atoms in total. The molecule has 1 heterocycles. The van der Waals surface area contributed by atoms with E-state index >= 15 is 0 Å². The number of aliphatic hydroxyl groups is 2. The summed E-state index contributed by atoms with van der Waals surface area (Å²) in [7, 11) is 1.55. The van der Waals surface area contributed by atoms with Gasteiger partial charge in [-0.3, -0.25) is 14.6 Å². The lowest BCUT2D eigenvalue weighted by Gasteiger charge is -2.39. The molecule has 0 saturated carbocycles. The van der Waals surface area contributed by atoms with E-state index in [-0.39, 0.29) is 25.9 Å². The zero-order chi connectivity index (χ0) is 40.9. The van der Waals surface area contributed by atoms with Crippen LogP contribution in [0.25, 0.3) is 0 Å². The Labute approximate surface area is 336 Å². The highest BCUT2D eigenvalue weighted by Crippen LogP contribution is 2.30. The van der Waals surface area contributed by atoms with Gasteiger partial charge in [-0.2, -0.15) is 0 Å². The molecule has 1 saturated heterocycles. The molecule has 0 aromatic heterocycles. The molecule has 1 aliphatic rings. The summed E-state index contributed by atoms with van der Waals surface area (Å²) >= 11 is 6.08. The van der Waals surface area contributed by atoms with E-state index in [9.17, 15) is 9.59 Å². The summed E-state index contributed by atoms with van der Waals surface area (Å²) in [6.45, 7) is 10.5. The topological polar surface area (TPSA) is 149 Å². The molecule has 5 rings (SSSR count). The van der Waals surface area contributed by atoms with Crippen LogP contribution in [0.15, 0.2) is 103 Å². The number of carboxylic acids is 2. The fraction of sp³-hybridized carbons (Fsp3) is 0.409. The number of nitrogens with zero attached hydrogens (tertiary/aromatic N) is 2. The molecule has 56 heavy (non-hydrogen) atoms. The summed E-state index contributed by atoms with van der Waals surface area (Å²) in [6.07, 6.45) is 0.182. The van der Waals surface area contributed by atoms with Crippen molar-refractivity contribution < 1.29 is 44.2 Å². The Bertz CT molecular complexity index is 1700. The van der Waals surface area contributed by atoms with Crippen LogP contribution in [-0.2, 0) is 20.7 Å². The Balaban J connectivity index is 0.000000246. The Morgan fingerprint density at radius 1 is 0.768 bits per heavy atom. The monoisotopic (exact) mass is 792 g/mol. The maximum Gasteiger partial charge on any atom is 0.329 e. The van der Waals surface area contributed by atoms with Crippen molar-refractivity contribution in [2.75, 3.05) is 66.3 Å². The van der Waals surface area contributed by atoms with Gasteiger partial charge in [-0.05, 0) is 65.8 Å². The molecule has 4 aromatic rings. The molecule has 0 radical (unpaired) electrons. The van der Waals surface area contributed by atoms with Gasteiger partial charge < -0.3 is 34.6 Å². The minimum Gasteiger partial charge on any atom is -0.493 e. The summed E-state index contributed by atoms with van der Waals surface area (Å²) in [6, 6.07) is 33.9. The number of methoxy groups -OCH3 is 1. The number of benzene rings is 4. The molecule has 4 aromatic carbocycles. The molecule has 1 aliphatic heterocycles. The molecule has 0 aliphatic carbocycles. The van der Waals surface area contributed by atoms with Crippen molar-refractivity contribution in [3.05, 3.63) is 130 Å². The molecule has 304 valence electrons. The fourth-order valence-electron chi connectivity index (χ4n) is 6.03. The minimum absolute atomic E-state index is 0.0525. The maximum atomic E-state index is 10.8. The van der Waals surface area contributed by atoms with Gasteiger partial charge in [0.05, 0.1) is 32.3 Å². The number of hydrogen-bond acceptors (Lipinski definition) is 9. The number of carboxylic acid groups (broad SMARTS) is 2. The second-order valence-electron chi connectivity index (χ2n) is 13.9. The van der Waals surface area contributed by atoms with Crippen LogP contribution in [0.3, 0.4) is 0 Å². The lowest BCUT2D eigenvalue weighted by molar-refractivity contribution is -0.142. The summed E-state index contributed by atoms with van der Waals surface area (Å²) in [4.78, 5) is 26.1. The van der Waals surface area contributed by atoms with Gasteiger partial charge in [0.15, 0.2) is 11.5 Å². The van der Waals surface area contributed by atoms with Crippen molar-refractivity contribution in [1.82, 2.24) is 9.80 Å². The Hall–Kier alpha value is -4.49. The molecule has 4 N–H and O–H groups in total. The van der Waals surface area contributed by atoms with Gasteiger partial charge in [-0.15, -0.1) is 0 Å². The first-order chi connectivity index (χ1) is 26.9. The Morgan fingerprint density at radius 3 is 1.89 bits per heavy atom. The number of piperazine rings is 1. The molecular formula is C44H57ClN2O9. The molecule has 3 atom stereocenters. The van der Waals surface area contributed by atoms with Crippen LogP contribution >= 0.6 is 11.6 Å². The third-order valence-corrected chi connectivity index (χ3v) is 9.31. The number of rotatable bonds is 17. The van der Waals surface area contributed by atoms with Crippen molar-refractivity contribution in [2.24, 2.45) is 5.92 Å². The zero-order valence-corrected chi connectivity index (χ0v) is 33.6. The van der Waals surface area contributed by atoms with Gasteiger partial charge in [0.25, 0.3) is 0 Å². The molecular weight excluding hydrogens is 736 g/mol. The molecule has 1 fully saturated rings. The van der Waals surface area contributed by atoms with Crippen LogP contribution in [0.4, 0.5) is 0 Å². The van der Waals surface area contributed by atoms with Gasteiger partial charge in [-0.25, -0.2) is 4.79 Å². The quantitative estimate of drug-likeness (QED) is 0.0852.